The van der Waals surface area contributed by atoms with Crippen molar-refractivity contribution in [2.24, 2.45) is 0 Å². The van der Waals surface area contributed by atoms with Gasteiger partial charge in [-0.2, -0.15) is 0 Å². The number of H-pyrrole nitrogens is 1. The SMILES string of the molecule is Cc1cccnc[nH]cc1. The van der Waals surface area contributed by atoms with Crippen LogP contribution in [0.1, 0.15) is 5.56 Å². The Labute approximate surface area is 60.3 Å². The number of hydrogen-bond donors (Lipinski definition) is 1. The molecule has 0 radical (unpaired) electrons. The summed E-state index contributed by atoms with van der Waals surface area (Å²) >= 11 is 0. The van der Waals surface area contributed by atoms with Crippen molar-refractivity contribution in [2.75, 3.05) is 0 Å². The van der Waals surface area contributed by atoms with Gasteiger partial charge in [0.05, 0.1) is 6.33 Å². The van der Waals surface area contributed by atoms with Gasteiger partial charge in [-0.3, -0.25) is 0 Å². The molecule has 0 aliphatic rings. The summed E-state index contributed by atoms with van der Waals surface area (Å²) in [5.41, 5.74) is 1.20. The van der Waals surface area contributed by atoms with E-state index in [-0.39, 0.29) is 0 Å². The number of aromatic nitrogens is 2. The Morgan fingerprint density at radius 2 is 2.30 bits per heavy atom. The van der Waals surface area contributed by atoms with Crippen LogP contribution in [0.2, 0.25) is 0 Å². The van der Waals surface area contributed by atoms with Crippen LogP contribution >= 0.6 is 0 Å². The summed E-state index contributed by atoms with van der Waals surface area (Å²) < 4.78 is 0. The van der Waals surface area contributed by atoms with E-state index in [0.717, 1.165) is 0 Å². The lowest BCUT2D eigenvalue weighted by molar-refractivity contribution is 1.21. The Bertz CT molecular complexity index is 215. The molecule has 0 aliphatic carbocycles. The summed E-state index contributed by atoms with van der Waals surface area (Å²) in [6.07, 6.45) is 5.23. The molecule has 1 N–H and O–H groups in total. The minimum atomic E-state index is 1.20. The molecule has 1 aromatic rings. The third-order valence-corrected chi connectivity index (χ3v) is 1.12. The van der Waals surface area contributed by atoms with E-state index in [0.29, 0.717) is 0 Å². The van der Waals surface area contributed by atoms with Crippen molar-refractivity contribution in [3.63, 3.8) is 0 Å². The number of nitrogens with zero attached hydrogens (tertiary/aromatic N) is 1. The highest BCUT2D eigenvalue weighted by Gasteiger charge is 1.70. The highest BCUT2D eigenvalue weighted by atomic mass is 14.8. The molecule has 0 saturated carbocycles. The summed E-state index contributed by atoms with van der Waals surface area (Å²) in [4.78, 5) is 6.81. The molecule has 10 heavy (non-hydrogen) atoms. The van der Waals surface area contributed by atoms with E-state index in [1.807, 2.05) is 31.3 Å². The molecule has 0 fully saturated rings. The van der Waals surface area contributed by atoms with Crippen LogP contribution < -0.4 is 0 Å². The first kappa shape index (κ1) is 6.81. The van der Waals surface area contributed by atoms with Gasteiger partial charge in [0, 0.05) is 12.4 Å². The molecule has 0 aromatic carbocycles. The normalized spacial score (nSPS) is 8.50. The number of aromatic amines is 1. The summed E-state index contributed by atoms with van der Waals surface area (Å²) in [6, 6.07) is 5.89. The van der Waals surface area contributed by atoms with Crippen LogP contribution in [-0.2, 0) is 0 Å². The third kappa shape index (κ3) is 2.31. The first-order valence-electron chi connectivity index (χ1n) is 3.17. The Hall–Kier alpha value is -1.31. The van der Waals surface area contributed by atoms with Crippen molar-refractivity contribution in [3.05, 3.63) is 42.5 Å². The van der Waals surface area contributed by atoms with Crippen LogP contribution in [0, 0.1) is 6.92 Å². The maximum absolute atomic E-state index is 3.91. The summed E-state index contributed by atoms with van der Waals surface area (Å²) in [5.74, 6) is 0. The molecule has 1 heterocycles. The number of aryl methyl sites for hydroxylation is 1. The standard InChI is InChI=1S/C8H10N2/c1-8-3-2-5-9-7-10-6-4-8/h2-7H,1H3,(H,9,10). The summed E-state index contributed by atoms with van der Waals surface area (Å²) in [7, 11) is 0. The predicted molar refractivity (Wildman–Crippen MR) is 41.0 cm³/mol. The van der Waals surface area contributed by atoms with Gasteiger partial charge < -0.3 is 4.98 Å². The average molecular weight is 134 g/mol. The largest absolute Gasteiger partial charge is 0.353 e. The molecule has 0 unspecified atom stereocenters. The van der Waals surface area contributed by atoms with Crippen LogP contribution in [-0.4, -0.2) is 9.97 Å². The van der Waals surface area contributed by atoms with Gasteiger partial charge in [-0.15, -0.1) is 0 Å². The lowest BCUT2D eigenvalue weighted by Gasteiger charge is -1.76. The maximum atomic E-state index is 3.91. The molecule has 0 amide bonds. The average Bonchev–Trinajstić information content (AvgIpc) is 2.02. The molecule has 0 atom stereocenters. The molecule has 52 valence electrons. The van der Waals surface area contributed by atoms with Gasteiger partial charge in [0.2, 0.25) is 0 Å². The molecule has 1 rings (SSSR count). The van der Waals surface area contributed by atoms with Gasteiger partial charge in [-0.25, -0.2) is 4.98 Å². The maximum Gasteiger partial charge on any atom is 0.0918 e. The third-order valence-electron chi connectivity index (χ3n) is 1.12. The van der Waals surface area contributed by atoms with Gasteiger partial charge in [0.15, 0.2) is 0 Å². The van der Waals surface area contributed by atoms with Gasteiger partial charge >= 0.3 is 0 Å². The Kier molecular flexibility index (Phi) is 2.49. The first-order chi connectivity index (χ1) is 4.89. The summed E-state index contributed by atoms with van der Waals surface area (Å²) in [6.45, 7) is 2.04. The highest BCUT2D eigenvalue weighted by molar-refractivity contribution is 5.04. The number of nitrogens with one attached hydrogen (secondary N) is 1. The Morgan fingerprint density at radius 1 is 1.40 bits per heavy atom. The van der Waals surface area contributed by atoms with Gasteiger partial charge in [-0.05, 0) is 24.6 Å². The van der Waals surface area contributed by atoms with Crippen LogP contribution in [0.25, 0.3) is 0 Å². The number of hydrogen-bond acceptors (Lipinski definition) is 1. The highest BCUT2D eigenvalue weighted by Crippen LogP contribution is 1.87. The topological polar surface area (TPSA) is 28.7 Å². The van der Waals surface area contributed by atoms with Gasteiger partial charge in [0.1, 0.15) is 0 Å². The molecular weight excluding hydrogens is 124 g/mol. The zero-order chi connectivity index (χ0) is 7.23. The molecule has 1 aromatic heterocycles. The Morgan fingerprint density at radius 3 is 3.20 bits per heavy atom. The van der Waals surface area contributed by atoms with Crippen LogP contribution in [0.3, 0.4) is 0 Å². The summed E-state index contributed by atoms with van der Waals surface area (Å²) in [5, 5.41) is 0. The van der Waals surface area contributed by atoms with E-state index in [1.165, 1.54) is 5.56 Å². The molecule has 0 bridgehead atoms. The molecular formula is C8H10N2. The van der Waals surface area contributed by atoms with Crippen molar-refractivity contribution < 1.29 is 0 Å². The van der Waals surface area contributed by atoms with E-state index in [2.05, 4.69) is 9.97 Å². The van der Waals surface area contributed by atoms with Gasteiger partial charge in [0.25, 0.3) is 0 Å². The van der Waals surface area contributed by atoms with Crippen molar-refractivity contribution in [3.8, 4) is 0 Å². The zero-order valence-corrected chi connectivity index (χ0v) is 5.91. The second-order valence-electron chi connectivity index (χ2n) is 2.03. The zero-order valence-electron chi connectivity index (χ0n) is 5.91. The predicted octanol–water partition coefficient (Wildman–Crippen LogP) is 1.84. The van der Waals surface area contributed by atoms with E-state index in [1.54, 1.807) is 12.5 Å². The van der Waals surface area contributed by atoms with Gasteiger partial charge in [-0.1, -0.05) is 6.07 Å². The monoisotopic (exact) mass is 134 g/mol. The van der Waals surface area contributed by atoms with Crippen LogP contribution in [0.15, 0.2) is 36.9 Å². The van der Waals surface area contributed by atoms with Crippen molar-refractivity contribution in [2.45, 2.75) is 6.92 Å². The van der Waals surface area contributed by atoms with Crippen LogP contribution in [0.5, 0.6) is 0 Å². The second kappa shape index (κ2) is 3.67. The van der Waals surface area contributed by atoms with Crippen molar-refractivity contribution in [1.82, 2.24) is 9.97 Å². The lowest BCUT2D eigenvalue weighted by Crippen LogP contribution is -1.61. The minimum Gasteiger partial charge on any atom is -0.353 e. The van der Waals surface area contributed by atoms with E-state index >= 15 is 0 Å². The van der Waals surface area contributed by atoms with E-state index < -0.39 is 0 Å². The van der Waals surface area contributed by atoms with E-state index in [4.69, 9.17) is 0 Å². The lowest BCUT2D eigenvalue weighted by atomic mass is 10.3. The second-order valence-corrected chi connectivity index (χ2v) is 2.03. The van der Waals surface area contributed by atoms with Crippen LogP contribution in [0.4, 0.5) is 0 Å². The van der Waals surface area contributed by atoms with Crippen molar-refractivity contribution >= 4 is 0 Å². The smallest absolute Gasteiger partial charge is 0.0918 e. The molecule has 2 nitrogen and oxygen atoms in total. The number of rotatable bonds is 0. The fourth-order valence-electron chi connectivity index (χ4n) is 0.609. The molecule has 0 saturated heterocycles. The Balaban J connectivity index is 3.13. The molecule has 0 spiro atoms. The fourth-order valence-corrected chi connectivity index (χ4v) is 0.609. The minimum absolute atomic E-state index is 1.20. The quantitative estimate of drug-likeness (QED) is 0.576. The fraction of sp³-hybridized carbons (Fsp3) is 0.125. The van der Waals surface area contributed by atoms with Crippen molar-refractivity contribution in [1.29, 1.82) is 0 Å². The first-order valence-corrected chi connectivity index (χ1v) is 3.17. The van der Waals surface area contributed by atoms with E-state index in [9.17, 15) is 0 Å². The molecule has 2 heteroatoms. The molecule has 0 aliphatic heterocycles.